The molecule has 18 heavy (non-hydrogen) atoms. The maximum Gasteiger partial charge on any atom is 0.364 e. The highest BCUT2D eigenvalue weighted by atomic mass is 31.2. The second kappa shape index (κ2) is 5.14. The molecule has 0 aliphatic rings. The summed E-state index contributed by atoms with van der Waals surface area (Å²) in [5.41, 5.74) is -0.412. The van der Waals surface area contributed by atoms with Gasteiger partial charge >= 0.3 is 7.60 Å². The highest BCUT2D eigenvalue weighted by Crippen LogP contribution is 2.62. The Balaban J connectivity index is 3.20. The van der Waals surface area contributed by atoms with Crippen molar-refractivity contribution in [1.29, 1.82) is 0 Å². The molecule has 0 amide bonds. The lowest BCUT2D eigenvalue weighted by Crippen LogP contribution is -2.30. The Bertz CT molecular complexity index is 438. The lowest BCUT2D eigenvalue weighted by atomic mass is 10.1. The topological polar surface area (TPSA) is 66.8 Å². The number of rotatable bonds is 4. The van der Waals surface area contributed by atoms with Crippen molar-refractivity contribution in [3.63, 3.8) is 0 Å². The highest BCUT2D eigenvalue weighted by Gasteiger charge is 2.49. The van der Waals surface area contributed by atoms with Gasteiger partial charge in [-0.15, -0.1) is 0 Å². The van der Waals surface area contributed by atoms with Crippen LogP contribution >= 0.6 is 7.60 Å². The van der Waals surface area contributed by atoms with E-state index in [0.29, 0.717) is 5.56 Å². The third-order valence-corrected chi connectivity index (χ3v) is 4.90. The summed E-state index contributed by atoms with van der Waals surface area (Å²) < 4.78 is 17.6. The van der Waals surface area contributed by atoms with E-state index in [-0.39, 0.29) is 6.42 Å². The first-order chi connectivity index (χ1) is 8.12. The fourth-order valence-electron chi connectivity index (χ4n) is 1.72. The van der Waals surface area contributed by atoms with E-state index in [0.717, 1.165) is 0 Å². The summed E-state index contributed by atoms with van der Waals surface area (Å²) in [5, 5.41) is 8.67. The predicted octanol–water partition coefficient (Wildman–Crippen LogP) is 3.24. The minimum absolute atomic E-state index is 0.0981. The molecule has 0 saturated carbocycles. The molecule has 2 unspecified atom stereocenters. The van der Waals surface area contributed by atoms with E-state index >= 15 is 0 Å². The molecule has 2 N–H and O–H groups in total. The summed E-state index contributed by atoms with van der Waals surface area (Å²) in [4.78, 5) is 10.1. The van der Waals surface area contributed by atoms with Crippen molar-refractivity contribution in [3.8, 4) is 0 Å². The Morgan fingerprint density at radius 1 is 1.22 bits per heavy atom. The van der Waals surface area contributed by atoms with Crippen molar-refractivity contribution in [3.05, 3.63) is 35.9 Å². The molecule has 102 valence electrons. The SMILES string of the molecule is CCC(O)(c1ccccc1)P(=O)(O)OC(C)(C)C. The normalized spacial score (nSPS) is 19.0. The van der Waals surface area contributed by atoms with Crippen molar-refractivity contribution in [2.45, 2.75) is 45.1 Å². The van der Waals surface area contributed by atoms with E-state index in [2.05, 4.69) is 0 Å². The minimum atomic E-state index is -4.20. The van der Waals surface area contributed by atoms with Gasteiger partial charge < -0.3 is 14.5 Å². The number of hydrogen-bond donors (Lipinski definition) is 2. The van der Waals surface area contributed by atoms with Crippen molar-refractivity contribution >= 4 is 7.60 Å². The first kappa shape index (κ1) is 15.4. The van der Waals surface area contributed by atoms with Crippen LogP contribution in [0, 0.1) is 0 Å². The molecule has 0 aromatic heterocycles. The number of benzene rings is 1. The Morgan fingerprint density at radius 3 is 2.11 bits per heavy atom. The molecule has 0 fully saturated rings. The van der Waals surface area contributed by atoms with Gasteiger partial charge in [-0.05, 0) is 32.8 Å². The Kier molecular flexibility index (Phi) is 4.39. The first-order valence-electron chi connectivity index (χ1n) is 5.94. The van der Waals surface area contributed by atoms with E-state index in [1.165, 1.54) is 0 Å². The smallest absolute Gasteiger partial charge is 0.364 e. The lowest BCUT2D eigenvalue weighted by molar-refractivity contribution is 0.0362. The molecule has 0 radical (unpaired) electrons. The molecule has 1 aromatic carbocycles. The van der Waals surface area contributed by atoms with Crippen LogP contribution < -0.4 is 0 Å². The Morgan fingerprint density at radius 2 is 1.72 bits per heavy atom. The van der Waals surface area contributed by atoms with Gasteiger partial charge in [-0.25, -0.2) is 0 Å². The van der Waals surface area contributed by atoms with Crippen molar-refractivity contribution in [2.24, 2.45) is 0 Å². The summed E-state index contributed by atoms with van der Waals surface area (Å²) in [7, 11) is -4.20. The molecule has 1 aromatic rings. The molecule has 0 heterocycles. The van der Waals surface area contributed by atoms with Crippen molar-refractivity contribution < 1.29 is 19.1 Å². The van der Waals surface area contributed by atoms with Gasteiger partial charge in [-0.3, -0.25) is 4.57 Å². The van der Waals surface area contributed by atoms with E-state index in [1.807, 2.05) is 0 Å². The fourth-order valence-corrected chi connectivity index (χ4v) is 3.49. The van der Waals surface area contributed by atoms with Gasteiger partial charge in [0.1, 0.15) is 0 Å². The summed E-state index contributed by atoms with van der Waals surface area (Å²) in [5.74, 6) is 0. The lowest BCUT2D eigenvalue weighted by Gasteiger charge is -2.35. The zero-order chi connectivity index (χ0) is 14.0. The molecule has 0 spiro atoms. The monoisotopic (exact) mass is 272 g/mol. The molecule has 1 rings (SSSR count). The molecular weight excluding hydrogens is 251 g/mol. The zero-order valence-corrected chi connectivity index (χ0v) is 12.1. The number of aliphatic hydroxyl groups is 1. The Labute approximate surface area is 108 Å². The van der Waals surface area contributed by atoms with Crippen LogP contribution in [0.15, 0.2) is 30.3 Å². The molecule has 2 atom stereocenters. The maximum atomic E-state index is 12.4. The Hall–Kier alpha value is -0.670. The minimum Gasteiger partial charge on any atom is -0.373 e. The van der Waals surface area contributed by atoms with Crippen molar-refractivity contribution in [1.82, 2.24) is 0 Å². The maximum absolute atomic E-state index is 12.4. The van der Waals surface area contributed by atoms with Crippen LogP contribution in [-0.4, -0.2) is 15.6 Å². The summed E-state index contributed by atoms with van der Waals surface area (Å²) in [6.45, 7) is 6.69. The molecular formula is C13H21O4P. The van der Waals surface area contributed by atoms with E-state index in [4.69, 9.17) is 4.52 Å². The second-order valence-electron chi connectivity index (χ2n) is 5.26. The van der Waals surface area contributed by atoms with Crippen LogP contribution in [0.5, 0.6) is 0 Å². The second-order valence-corrected chi connectivity index (χ2v) is 7.22. The van der Waals surface area contributed by atoms with Gasteiger partial charge in [-0.2, -0.15) is 0 Å². The summed E-state index contributed by atoms with van der Waals surface area (Å²) in [6.07, 6.45) is 0.0981. The van der Waals surface area contributed by atoms with E-state index in [9.17, 15) is 14.6 Å². The average molecular weight is 272 g/mol. The highest BCUT2D eigenvalue weighted by molar-refractivity contribution is 7.53. The van der Waals surface area contributed by atoms with Gasteiger partial charge in [0.05, 0.1) is 5.60 Å². The van der Waals surface area contributed by atoms with Crippen LogP contribution in [0.4, 0.5) is 0 Å². The molecule has 0 aliphatic carbocycles. The third kappa shape index (κ3) is 3.21. The van der Waals surface area contributed by atoms with Gasteiger partial charge in [-0.1, -0.05) is 37.3 Å². The predicted molar refractivity (Wildman–Crippen MR) is 71.3 cm³/mol. The van der Waals surface area contributed by atoms with Crippen LogP contribution in [0.25, 0.3) is 0 Å². The summed E-state index contributed by atoms with van der Waals surface area (Å²) >= 11 is 0. The first-order valence-corrected chi connectivity index (χ1v) is 7.52. The molecule has 0 bridgehead atoms. The standard InChI is InChI=1S/C13H21O4P/c1-5-13(14,11-9-7-6-8-10-11)18(15,16)17-12(2,3)4/h6-10,14H,5H2,1-4H3,(H,15,16). The van der Waals surface area contributed by atoms with Crippen LogP contribution in [-0.2, 0) is 14.4 Å². The van der Waals surface area contributed by atoms with Crippen LogP contribution in [0.2, 0.25) is 0 Å². The summed E-state index contributed by atoms with van der Waals surface area (Å²) in [6, 6.07) is 8.46. The van der Waals surface area contributed by atoms with Crippen LogP contribution in [0.1, 0.15) is 39.7 Å². The molecule has 0 saturated heterocycles. The molecule has 4 nitrogen and oxygen atoms in total. The van der Waals surface area contributed by atoms with Gasteiger partial charge in [0.25, 0.3) is 0 Å². The van der Waals surface area contributed by atoms with E-state index in [1.54, 1.807) is 58.0 Å². The third-order valence-electron chi connectivity index (χ3n) is 2.59. The molecule has 5 heteroatoms. The average Bonchev–Trinajstić information content (AvgIpc) is 2.25. The van der Waals surface area contributed by atoms with Crippen molar-refractivity contribution in [2.75, 3.05) is 0 Å². The van der Waals surface area contributed by atoms with Gasteiger partial charge in [0.2, 0.25) is 0 Å². The van der Waals surface area contributed by atoms with Crippen LogP contribution in [0.3, 0.4) is 0 Å². The fraction of sp³-hybridized carbons (Fsp3) is 0.538. The largest absolute Gasteiger partial charge is 0.373 e. The van der Waals surface area contributed by atoms with E-state index < -0.39 is 18.5 Å². The molecule has 0 aliphatic heterocycles. The zero-order valence-electron chi connectivity index (χ0n) is 11.3. The quantitative estimate of drug-likeness (QED) is 0.826. The van der Waals surface area contributed by atoms with Gasteiger partial charge in [0.15, 0.2) is 5.34 Å². The number of hydrogen-bond acceptors (Lipinski definition) is 3. The van der Waals surface area contributed by atoms with Gasteiger partial charge in [0, 0.05) is 0 Å².